The first kappa shape index (κ1) is 15.0. The molecule has 1 saturated carbocycles. The minimum absolute atomic E-state index is 0.0596. The summed E-state index contributed by atoms with van der Waals surface area (Å²) in [7, 11) is 0. The first-order valence-electron chi connectivity index (χ1n) is 7.83. The lowest BCUT2D eigenvalue weighted by Gasteiger charge is -2.03. The largest absolute Gasteiger partial charge is 0.348 e. The normalized spacial score (nSPS) is 19.0. The molecule has 6 heteroatoms. The predicted octanol–water partition coefficient (Wildman–Crippen LogP) is 3.19. The Morgan fingerprint density at radius 3 is 2.67 bits per heavy atom. The van der Waals surface area contributed by atoms with Crippen LogP contribution in [0.5, 0.6) is 0 Å². The Morgan fingerprint density at radius 1 is 1.17 bits per heavy atom. The SMILES string of the molecule is Cc1nc(-c2ncccn2)sc1C(=O)N[C@H]1C[C@@H]1c1ccccc1. The fraction of sp³-hybridized carbons (Fsp3) is 0.222. The lowest BCUT2D eigenvalue weighted by molar-refractivity contribution is 0.0953. The molecule has 0 saturated heterocycles. The number of carbonyl (C=O) groups excluding carboxylic acids is 1. The van der Waals surface area contributed by atoms with Gasteiger partial charge >= 0.3 is 0 Å². The summed E-state index contributed by atoms with van der Waals surface area (Å²) >= 11 is 1.34. The van der Waals surface area contributed by atoms with Crippen molar-refractivity contribution in [2.45, 2.75) is 25.3 Å². The summed E-state index contributed by atoms with van der Waals surface area (Å²) < 4.78 is 0. The van der Waals surface area contributed by atoms with E-state index in [4.69, 9.17) is 0 Å². The van der Waals surface area contributed by atoms with Gasteiger partial charge in [0.1, 0.15) is 4.88 Å². The van der Waals surface area contributed by atoms with E-state index in [0.29, 0.717) is 21.6 Å². The van der Waals surface area contributed by atoms with Gasteiger partial charge in [0.15, 0.2) is 10.8 Å². The van der Waals surface area contributed by atoms with Gasteiger partial charge in [0.25, 0.3) is 5.91 Å². The third kappa shape index (κ3) is 2.92. The number of aromatic nitrogens is 3. The van der Waals surface area contributed by atoms with Crippen molar-refractivity contribution in [1.29, 1.82) is 0 Å². The van der Waals surface area contributed by atoms with E-state index in [1.807, 2.05) is 25.1 Å². The quantitative estimate of drug-likeness (QED) is 0.794. The van der Waals surface area contributed by atoms with Gasteiger partial charge in [-0.05, 0) is 25.0 Å². The van der Waals surface area contributed by atoms with Crippen molar-refractivity contribution in [2.24, 2.45) is 0 Å². The molecule has 1 N–H and O–H groups in total. The van der Waals surface area contributed by atoms with Crippen LogP contribution in [-0.4, -0.2) is 26.9 Å². The molecule has 0 aliphatic heterocycles. The van der Waals surface area contributed by atoms with Crippen LogP contribution in [0.3, 0.4) is 0 Å². The van der Waals surface area contributed by atoms with E-state index >= 15 is 0 Å². The van der Waals surface area contributed by atoms with Gasteiger partial charge in [-0.2, -0.15) is 0 Å². The van der Waals surface area contributed by atoms with E-state index in [1.165, 1.54) is 16.9 Å². The number of nitrogens with one attached hydrogen (secondary N) is 1. The zero-order chi connectivity index (χ0) is 16.5. The van der Waals surface area contributed by atoms with Crippen molar-refractivity contribution < 1.29 is 4.79 Å². The summed E-state index contributed by atoms with van der Waals surface area (Å²) in [6.07, 6.45) is 4.34. The first-order chi connectivity index (χ1) is 11.7. The third-order valence-electron chi connectivity index (χ3n) is 4.09. The number of aryl methyl sites for hydroxylation is 1. The zero-order valence-corrected chi connectivity index (χ0v) is 14.0. The lowest BCUT2D eigenvalue weighted by Crippen LogP contribution is -2.26. The number of hydrogen-bond acceptors (Lipinski definition) is 5. The number of rotatable bonds is 4. The summed E-state index contributed by atoms with van der Waals surface area (Å²) in [5.74, 6) is 0.911. The molecule has 1 amide bonds. The van der Waals surface area contributed by atoms with Gasteiger partial charge in [0.05, 0.1) is 5.69 Å². The van der Waals surface area contributed by atoms with Crippen molar-refractivity contribution in [3.63, 3.8) is 0 Å². The fourth-order valence-electron chi connectivity index (χ4n) is 2.77. The third-order valence-corrected chi connectivity index (χ3v) is 5.25. The Kier molecular flexibility index (Phi) is 3.82. The molecule has 1 aliphatic carbocycles. The predicted molar refractivity (Wildman–Crippen MR) is 92.9 cm³/mol. The van der Waals surface area contributed by atoms with Crippen LogP contribution in [-0.2, 0) is 0 Å². The molecule has 3 aromatic rings. The van der Waals surface area contributed by atoms with Gasteiger partial charge in [0.2, 0.25) is 0 Å². The monoisotopic (exact) mass is 336 g/mol. The Balaban J connectivity index is 1.47. The van der Waals surface area contributed by atoms with Crippen molar-refractivity contribution in [3.8, 4) is 10.8 Å². The van der Waals surface area contributed by atoms with Gasteiger partial charge in [0, 0.05) is 24.4 Å². The van der Waals surface area contributed by atoms with E-state index in [9.17, 15) is 4.79 Å². The molecule has 120 valence electrons. The van der Waals surface area contributed by atoms with Crippen LogP contribution in [0.4, 0.5) is 0 Å². The van der Waals surface area contributed by atoms with E-state index < -0.39 is 0 Å². The molecule has 5 nitrogen and oxygen atoms in total. The van der Waals surface area contributed by atoms with Gasteiger partial charge in [-0.25, -0.2) is 15.0 Å². The van der Waals surface area contributed by atoms with E-state index in [1.54, 1.807) is 18.5 Å². The summed E-state index contributed by atoms with van der Waals surface area (Å²) in [5.41, 5.74) is 2.00. The van der Waals surface area contributed by atoms with Gasteiger partial charge in [-0.1, -0.05) is 30.3 Å². The van der Waals surface area contributed by atoms with Gasteiger partial charge in [-0.3, -0.25) is 4.79 Å². The Bertz CT molecular complexity index is 863. The molecule has 0 radical (unpaired) electrons. The van der Waals surface area contributed by atoms with Crippen LogP contribution < -0.4 is 5.32 Å². The lowest BCUT2D eigenvalue weighted by atomic mass is 10.1. The minimum Gasteiger partial charge on any atom is -0.348 e. The number of thiazole rings is 1. The highest BCUT2D eigenvalue weighted by molar-refractivity contribution is 7.17. The maximum absolute atomic E-state index is 12.6. The highest BCUT2D eigenvalue weighted by Crippen LogP contribution is 2.41. The van der Waals surface area contributed by atoms with Crippen molar-refractivity contribution in [2.75, 3.05) is 0 Å². The molecule has 4 rings (SSSR count). The second-order valence-corrected chi connectivity index (χ2v) is 6.84. The smallest absolute Gasteiger partial charge is 0.263 e. The Hall–Kier alpha value is -2.60. The van der Waals surface area contributed by atoms with Crippen LogP contribution in [0.25, 0.3) is 10.8 Å². The molecule has 1 fully saturated rings. The molecule has 2 aromatic heterocycles. The summed E-state index contributed by atoms with van der Waals surface area (Å²) in [4.78, 5) is 26.0. The van der Waals surface area contributed by atoms with Crippen LogP contribution in [0, 0.1) is 6.92 Å². The van der Waals surface area contributed by atoms with Crippen LogP contribution in [0.2, 0.25) is 0 Å². The Labute approximate surface area is 143 Å². The second-order valence-electron chi connectivity index (χ2n) is 5.84. The Morgan fingerprint density at radius 2 is 1.92 bits per heavy atom. The molecule has 0 unspecified atom stereocenters. The highest BCUT2D eigenvalue weighted by atomic mass is 32.1. The maximum atomic E-state index is 12.6. The number of nitrogens with zero attached hydrogens (tertiary/aromatic N) is 3. The molecule has 1 aromatic carbocycles. The molecule has 0 spiro atoms. The highest BCUT2D eigenvalue weighted by Gasteiger charge is 2.39. The molecular formula is C18H16N4OS. The first-order valence-corrected chi connectivity index (χ1v) is 8.64. The van der Waals surface area contributed by atoms with E-state index in [2.05, 4.69) is 32.4 Å². The average molecular weight is 336 g/mol. The molecule has 2 heterocycles. The fourth-order valence-corrected chi connectivity index (χ4v) is 3.69. The number of carbonyl (C=O) groups is 1. The van der Waals surface area contributed by atoms with Crippen LogP contribution in [0.1, 0.15) is 33.3 Å². The molecule has 2 atom stereocenters. The van der Waals surface area contributed by atoms with E-state index in [-0.39, 0.29) is 11.9 Å². The number of benzene rings is 1. The van der Waals surface area contributed by atoms with E-state index in [0.717, 1.165) is 12.1 Å². The standard InChI is InChI=1S/C18H16N4OS/c1-11-15(24-18(21-11)16-19-8-5-9-20-16)17(23)22-14-10-13(14)12-6-3-2-4-7-12/h2-9,13-14H,10H2,1H3,(H,22,23)/t13-,14+/m1/s1. The molecular weight excluding hydrogens is 320 g/mol. The average Bonchev–Trinajstić information content (AvgIpc) is 3.27. The summed E-state index contributed by atoms with van der Waals surface area (Å²) in [6, 6.07) is 12.3. The van der Waals surface area contributed by atoms with Crippen LogP contribution >= 0.6 is 11.3 Å². The van der Waals surface area contributed by atoms with Gasteiger partial charge in [-0.15, -0.1) is 11.3 Å². The second kappa shape index (κ2) is 6.13. The minimum atomic E-state index is -0.0596. The maximum Gasteiger partial charge on any atom is 0.263 e. The number of amides is 1. The van der Waals surface area contributed by atoms with Crippen molar-refractivity contribution >= 4 is 17.2 Å². The molecule has 1 aliphatic rings. The molecule has 24 heavy (non-hydrogen) atoms. The molecule has 0 bridgehead atoms. The summed E-state index contributed by atoms with van der Waals surface area (Å²) in [6.45, 7) is 1.85. The van der Waals surface area contributed by atoms with Crippen molar-refractivity contribution in [1.82, 2.24) is 20.3 Å². The van der Waals surface area contributed by atoms with Crippen molar-refractivity contribution in [3.05, 3.63) is 64.9 Å². The topological polar surface area (TPSA) is 67.8 Å². The summed E-state index contributed by atoms with van der Waals surface area (Å²) in [5, 5.41) is 3.79. The van der Waals surface area contributed by atoms with Crippen LogP contribution in [0.15, 0.2) is 48.8 Å². The number of hydrogen-bond donors (Lipinski definition) is 1. The zero-order valence-electron chi connectivity index (χ0n) is 13.1. The van der Waals surface area contributed by atoms with Gasteiger partial charge < -0.3 is 5.32 Å².